The van der Waals surface area contributed by atoms with Crippen LogP contribution in [0.3, 0.4) is 0 Å². The predicted molar refractivity (Wildman–Crippen MR) is 79.9 cm³/mol. The molecule has 0 unspecified atom stereocenters. The lowest BCUT2D eigenvalue weighted by Crippen LogP contribution is -2.50. The molecule has 2 aliphatic rings. The van der Waals surface area contributed by atoms with Crippen LogP contribution in [0.5, 0.6) is 0 Å². The molecule has 3 atom stereocenters. The first-order chi connectivity index (χ1) is 9.00. The summed E-state index contributed by atoms with van der Waals surface area (Å²) >= 11 is 0. The summed E-state index contributed by atoms with van der Waals surface area (Å²) in [7, 11) is 3.94. The molecule has 2 heterocycles. The molecular weight excluding hydrogens is 280 g/mol. The summed E-state index contributed by atoms with van der Waals surface area (Å²) < 4.78 is 0. The fourth-order valence-electron chi connectivity index (χ4n) is 3.12. The van der Waals surface area contributed by atoms with E-state index in [1.165, 1.54) is 0 Å². The zero-order valence-electron chi connectivity index (χ0n) is 12.4. The van der Waals surface area contributed by atoms with Crippen LogP contribution in [0.25, 0.3) is 0 Å². The summed E-state index contributed by atoms with van der Waals surface area (Å²) in [6, 6.07) is -0.0844. The Bertz CT molecular complexity index is 364. The van der Waals surface area contributed by atoms with Crippen molar-refractivity contribution < 1.29 is 9.59 Å². The molecule has 6 nitrogen and oxygen atoms in total. The highest BCUT2D eigenvalue weighted by Crippen LogP contribution is 2.32. The van der Waals surface area contributed by atoms with Crippen molar-refractivity contribution in [3.63, 3.8) is 0 Å². The van der Waals surface area contributed by atoms with E-state index in [9.17, 15) is 9.59 Å². The van der Waals surface area contributed by atoms with Crippen molar-refractivity contribution in [2.45, 2.75) is 25.4 Å². The Morgan fingerprint density at radius 1 is 1.35 bits per heavy atom. The standard InChI is InChI=1S/C13H24N4O2.ClH/c1-9(18)17-11(6-10-7-14-8-12(10)17)13(19)15-4-5-16(2)3;/h10-12,14H,4-8H2,1-3H3,(H,15,19);1H/t10-,11-,12+;/m0./s1. The number of likely N-dealkylation sites (tertiary alicyclic amines) is 1. The van der Waals surface area contributed by atoms with Crippen LogP contribution in [-0.2, 0) is 9.59 Å². The largest absolute Gasteiger partial charge is 0.353 e. The minimum absolute atomic E-state index is 0. The molecule has 2 aliphatic heterocycles. The number of rotatable bonds is 4. The summed E-state index contributed by atoms with van der Waals surface area (Å²) in [5.41, 5.74) is 0. The van der Waals surface area contributed by atoms with Crippen LogP contribution >= 0.6 is 12.4 Å². The highest BCUT2D eigenvalue weighted by atomic mass is 35.5. The zero-order valence-corrected chi connectivity index (χ0v) is 13.2. The molecule has 0 radical (unpaired) electrons. The van der Waals surface area contributed by atoms with E-state index in [-0.39, 0.29) is 36.3 Å². The van der Waals surface area contributed by atoms with Crippen LogP contribution in [-0.4, -0.2) is 74.0 Å². The van der Waals surface area contributed by atoms with Gasteiger partial charge in [0.15, 0.2) is 0 Å². The maximum absolute atomic E-state index is 12.2. The Morgan fingerprint density at radius 2 is 2.05 bits per heavy atom. The van der Waals surface area contributed by atoms with E-state index in [4.69, 9.17) is 0 Å². The lowest BCUT2D eigenvalue weighted by atomic mass is 10.0. The summed E-state index contributed by atoms with van der Waals surface area (Å²) in [6.45, 7) is 4.72. The van der Waals surface area contributed by atoms with Gasteiger partial charge in [0, 0.05) is 39.1 Å². The van der Waals surface area contributed by atoms with Crippen molar-refractivity contribution in [1.82, 2.24) is 20.4 Å². The van der Waals surface area contributed by atoms with E-state index >= 15 is 0 Å². The summed E-state index contributed by atoms with van der Waals surface area (Å²) in [5.74, 6) is 0.420. The molecule has 2 amide bonds. The molecule has 116 valence electrons. The maximum atomic E-state index is 12.2. The minimum atomic E-state index is -0.281. The molecule has 0 bridgehead atoms. The highest BCUT2D eigenvalue weighted by molar-refractivity contribution is 5.88. The highest BCUT2D eigenvalue weighted by Gasteiger charge is 2.47. The second kappa shape index (κ2) is 7.24. The molecule has 2 N–H and O–H groups in total. The minimum Gasteiger partial charge on any atom is -0.353 e. The third kappa shape index (κ3) is 3.62. The number of carbonyl (C=O) groups excluding carboxylic acids is 2. The summed E-state index contributed by atoms with van der Waals surface area (Å²) in [6.07, 6.45) is 0.783. The molecule has 0 aromatic heterocycles. The Kier molecular flexibility index (Phi) is 6.23. The van der Waals surface area contributed by atoms with E-state index in [0.29, 0.717) is 12.5 Å². The fraction of sp³-hybridized carbons (Fsp3) is 0.846. The number of likely N-dealkylation sites (N-methyl/N-ethyl adjacent to an activating group) is 1. The van der Waals surface area contributed by atoms with Gasteiger partial charge in [0.2, 0.25) is 11.8 Å². The van der Waals surface area contributed by atoms with Gasteiger partial charge in [0.25, 0.3) is 0 Å². The predicted octanol–water partition coefficient (Wildman–Crippen LogP) is -0.705. The van der Waals surface area contributed by atoms with Crippen molar-refractivity contribution in [2.24, 2.45) is 5.92 Å². The van der Waals surface area contributed by atoms with Crippen LogP contribution in [0.2, 0.25) is 0 Å². The van der Waals surface area contributed by atoms with Crippen LogP contribution < -0.4 is 10.6 Å². The molecule has 0 spiro atoms. The van der Waals surface area contributed by atoms with E-state index in [2.05, 4.69) is 10.6 Å². The molecule has 2 saturated heterocycles. The Morgan fingerprint density at radius 3 is 2.65 bits per heavy atom. The van der Waals surface area contributed by atoms with Gasteiger partial charge in [-0.25, -0.2) is 0 Å². The van der Waals surface area contributed by atoms with Crippen LogP contribution in [0.15, 0.2) is 0 Å². The van der Waals surface area contributed by atoms with Crippen molar-refractivity contribution in [3.8, 4) is 0 Å². The number of hydrogen-bond acceptors (Lipinski definition) is 4. The quantitative estimate of drug-likeness (QED) is 0.720. The fourth-order valence-corrected chi connectivity index (χ4v) is 3.12. The number of halogens is 1. The van der Waals surface area contributed by atoms with Crippen LogP contribution in [0.4, 0.5) is 0 Å². The number of amides is 2. The molecule has 0 saturated carbocycles. The van der Waals surface area contributed by atoms with Gasteiger partial charge >= 0.3 is 0 Å². The number of nitrogens with one attached hydrogen (secondary N) is 2. The van der Waals surface area contributed by atoms with Crippen molar-refractivity contribution in [3.05, 3.63) is 0 Å². The molecule has 2 rings (SSSR count). The molecule has 20 heavy (non-hydrogen) atoms. The maximum Gasteiger partial charge on any atom is 0.242 e. The second-order valence-corrected chi connectivity index (χ2v) is 5.76. The normalized spacial score (nSPS) is 28.2. The smallest absolute Gasteiger partial charge is 0.242 e. The first-order valence-corrected chi connectivity index (χ1v) is 6.92. The van der Waals surface area contributed by atoms with Gasteiger partial charge in [-0.05, 0) is 26.4 Å². The zero-order chi connectivity index (χ0) is 14.0. The number of fused-ring (bicyclic) bond motifs is 1. The molecule has 0 aliphatic carbocycles. The first kappa shape index (κ1) is 17.2. The molecule has 2 fully saturated rings. The third-order valence-electron chi connectivity index (χ3n) is 4.05. The lowest BCUT2D eigenvalue weighted by molar-refractivity contribution is -0.138. The molecule has 0 aromatic rings. The van der Waals surface area contributed by atoms with Crippen molar-refractivity contribution in [1.29, 1.82) is 0 Å². The topological polar surface area (TPSA) is 64.7 Å². The van der Waals surface area contributed by atoms with Gasteiger partial charge in [0.05, 0.1) is 0 Å². The molecule has 7 heteroatoms. The van der Waals surface area contributed by atoms with Crippen LogP contribution in [0.1, 0.15) is 13.3 Å². The number of hydrogen-bond donors (Lipinski definition) is 2. The van der Waals surface area contributed by atoms with Gasteiger partial charge in [-0.1, -0.05) is 0 Å². The van der Waals surface area contributed by atoms with Gasteiger partial charge in [-0.3, -0.25) is 9.59 Å². The van der Waals surface area contributed by atoms with Gasteiger partial charge in [-0.15, -0.1) is 12.4 Å². The van der Waals surface area contributed by atoms with E-state index in [0.717, 1.165) is 26.1 Å². The Labute approximate surface area is 126 Å². The summed E-state index contributed by atoms with van der Waals surface area (Å²) in [4.78, 5) is 27.8. The Hall–Kier alpha value is -0.850. The second-order valence-electron chi connectivity index (χ2n) is 5.76. The average Bonchev–Trinajstić information content (AvgIpc) is 2.86. The number of nitrogens with zero attached hydrogens (tertiary/aromatic N) is 2. The number of carbonyl (C=O) groups is 2. The first-order valence-electron chi connectivity index (χ1n) is 6.92. The van der Waals surface area contributed by atoms with E-state index in [1.54, 1.807) is 11.8 Å². The monoisotopic (exact) mass is 304 g/mol. The Balaban J connectivity index is 0.00000200. The third-order valence-corrected chi connectivity index (χ3v) is 4.05. The van der Waals surface area contributed by atoms with Gasteiger partial charge in [-0.2, -0.15) is 0 Å². The van der Waals surface area contributed by atoms with E-state index < -0.39 is 0 Å². The summed E-state index contributed by atoms with van der Waals surface area (Å²) in [5, 5.41) is 6.23. The van der Waals surface area contributed by atoms with Crippen molar-refractivity contribution >= 4 is 24.2 Å². The van der Waals surface area contributed by atoms with Crippen LogP contribution in [0, 0.1) is 5.92 Å². The average molecular weight is 305 g/mol. The molecule has 0 aromatic carbocycles. The SMILES string of the molecule is CC(=O)N1[C@@H]2CNC[C@@H]2C[C@H]1C(=O)NCCN(C)C.Cl. The lowest BCUT2D eigenvalue weighted by Gasteiger charge is -2.27. The molecular formula is C13H25ClN4O2. The van der Waals surface area contributed by atoms with Gasteiger partial charge < -0.3 is 20.4 Å². The van der Waals surface area contributed by atoms with E-state index in [1.807, 2.05) is 19.0 Å². The van der Waals surface area contributed by atoms with Gasteiger partial charge in [0.1, 0.15) is 6.04 Å². The van der Waals surface area contributed by atoms with Crippen molar-refractivity contribution in [2.75, 3.05) is 40.3 Å².